The molecule has 3 heterocycles. The minimum absolute atomic E-state index is 0.107. The van der Waals surface area contributed by atoms with Crippen molar-refractivity contribution in [3.8, 4) is 11.3 Å². The molecule has 2 aromatic carbocycles. The van der Waals surface area contributed by atoms with Crippen molar-refractivity contribution in [1.29, 1.82) is 0 Å². The molecule has 5 rings (SSSR count). The summed E-state index contributed by atoms with van der Waals surface area (Å²) in [6, 6.07) is 12.2. The number of rotatable bonds is 6. The molecule has 1 N–H and O–H groups in total. The summed E-state index contributed by atoms with van der Waals surface area (Å²) in [6.07, 6.45) is 1.28. The molecule has 8 nitrogen and oxygen atoms in total. The molecule has 2 aromatic heterocycles. The number of nitrogens with zero attached hydrogens (tertiary/aromatic N) is 4. The van der Waals surface area contributed by atoms with Crippen LogP contribution in [0.15, 0.2) is 58.1 Å². The highest BCUT2D eigenvalue weighted by atomic mass is 35.5. The number of benzene rings is 2. The van der Waals surface area contributed by atoms with E-state index in [-0.39, 0.29) is 16.7 Å². The average molecular weight is 560 g/mol. The number of hydrogen-bond donors (Lipinski definition) is 1. The molecule has 0 bridgehead atoms. The van der Waals surface area contributed by atoms with Gasteiger partial charge in [-0.2, -0.15) is 4.31 Å². The number of sulfonamides is 1. The number of aromatic nitrogens is 3. The predicted octanol–water partition coefficient (Wildman–Crippen LogP) is 5.44. The third kappa shape index (κ3) is 5.21. The quantitative estimate of drug-likeness (QED) is 0.337. The van der Waals surface area contributed by atoms with E-state index in [0.717, 1.165) is 21.8 Å². The highest BCUT2D eigenvalue weighted by Gasteiger charge is 2.31. The molecule has 4 aromatic rings. The standard InChI is InChI=1S/C24H22ClN5O3S3/c1-15-2-7-19(12-20(15)25)36(32,33)30-10-8-17(9-11-30)24-27-22(13-34-24)23(31)26-18-5-3-16(4-6-18)21-14-35-29-28-21/h2-7,12-14,17H,8-11H2,1H3,(H,26,31). The van der Waals surface area contributed by atoms with Crippen LogP contribution in [0.5, 0.6) is 0 Å². The topological polar surface area (TPSA) is 105 Å². The Labute approximate surface area is 222 Å². The maximum absolute atomic E-state index is 13.0. The van der Waals surface area contributed by atoms with Crippen molar-refractivity contribution in [2.24, 2.45) is 0 Å². The van der Waals surface area contributed by atoms with Gasteiger partial charge in [0.15, 0.2) is 0 Å². The van der Waals surface area contributed by atoms with Crippen molar-refractivity contribution in [3.63, 3.8) is 0 Å². The molecule has 0 saturated carbocycles. The number of hydrogen-bond acceptors (Lipinski definition) is 8. The zero-order chi connectivity index (χ0) is 25.3. The van der Waals surface area contributed by atoms with Gasteiger partial charge in [0.2, 0.25) is 10.0 Å². The smallest absolute Gasteiger partial charge is 0.275 e. The first kappa shape index (κ1) is 25.0. The van der Waals surface area contributed by atoms with E-state index in [1.807, 2.05) is 36.6 Å². The van der Waals surface area contributed by atoms with Crippen molar-refractivity contribution in [3.05, 3.63) is 74.5 Å². The van der Waals surface area contributed by atoms with Gasteiger partial charge < -0.3 is 5.32 Å². The number of anilines is 1. The summed E-state index contributed by atoms with van der Waals surface area (Å²) in [6.45, 7) is 2.62. The second kappa shape index (κ2) is 10.3. The normalized spacial score (nSPS) is 15.2. The van der Waals surface area contributed by atoms with Crippen LogP contribution in [0.2, 0.25) is 5.02 Å². The largest absolute Gasteiger partial charge is 0.321 e. The van der Waals surface area contributed by atoms with Gasteiger partial charge >= 0.3 is 0 Å². The van der Waals surface area contributed by atoms with Gasteiger partial charge in [-0.3, -0.25) is 4.79 Å². The van der Waals surface area contributed by atoms with Crippen LogP contribution in [0, 0.1) is 6.92 Å². The van der Waals surface area contributed by atoms with Gasteiger partial charge in [-0.15, -0.1) is 16.4 Å². The first-order valence-corrected chi connectivity index (χ1v) is 14.8. The summed E-state index contributed by atoms with van der Waals surface area (Å²) in [4.78, 5) is 17.5. The molecule has 0 radical (unpaired) electrons. The molecule has 1 aliphatic heterocycles. The Hall–Kier alpha value is -2.70. The van der Waals surface area contributed by atoms with Crippen molar-refractivity contribution < 1.29 is 13.2 Å². The number of aryl methyl sites for hydroxylation is 1. The molecule has 1 saturated heterocycles. The van der Waals surface area contributed by atoms with Crippen LogP contribution >= 0.6 is 34.5 Å². The monoisotopic (exact) mass is 559 g/mol. The molecule has 1 amide bonds. The van der Waals surface area contributed by atoms with Crippen molar-refractivity contribution in [2.75, 3.05) is 18.4 Å². The van der Waals surface area contributed by atoms with Crippen LogP contribution < -0.4 is 5.32 Å². The Bertz CT molecular complexity index is 1480. The van der Waals surface area contributed by atoms with Gasteiger partial charge in [-0.05, 0) is 61.1 Å². The molecule has 0 atom stereocenters. The Morgan fingerprint density at radius 3 is 2.53 bits per heavy atom. The molecular weight excluding hydrogens is 538 g/mol. The van der Waals surface area contributed by atoms with Gasteiger partial charge in [-0.1, -0.05) is 34.3 Å². The van der Waals surface area contributed by atoms with E-state index in [4.69, 9.17) is 11.6 Å². The van der Waals surface area contributed by atoms with Crippen LogP contribution in [0.25, 0.3) is 11.3 Å². The Morgan fingerprint density at radius 1 is 1.11 bits per heavy atom. The molecule has 1 aliphatic rings. The maximum atomic E-state index is 13.0. The second-order valence-corrected chi connectivity index (χ2v) is 12.3. The lowest BCUT2D eigenvalue weighted by Crippen LogP contribution is -2.37. The van der Waals surface area contributed by atoms with E-state index >= 15 is 0 Å². The number of amides is 1. The van der Waals surface area contributed by atoms with Gasteiger partial charge in [0.1, 0.15) is 11.4 Å². The fourth-order valence-electron chi connectivity index (χ4n) is 4.02. The number of carbonyl (C=O) groups is 1. The summed E-state index contributed by atoms with van der Waals surface area (Å²) < 4.78 is 31.4. The highest BCUT2D eigenvalue weighted by molar-refractivity contribution is 7.89. The molecule has 0 aliphatic carbocycles. The number of carbonyl (C=O) groups excluding carboxylic acids is 1. The van der Waals surface area contributed by atoms with Crippen molar-refractivity contribution in [1.82, 2.24) is 18.9 Å². The van der Waals surface area contributed by atoms with E-state index < -0.39 is 10.0 Å². The van der Waals surface area contributed by atoms with Crippen molar-refractivity contribution in [2.45, 2.75) is 30.6 Å². The van der Waals surface area contributed by atoms with Crippen LogP contribution in [0.4, 0.5) is 5.69 Å². The number of piperidine rings is 1. The molecule has 12 heteroatoms. The first-order chi connectivity index (χ1) is 17.3. The van der Waals surface area contributed by atoms with Crippen LogP contribution in [-0.2, 0) is 10.0 Å². The maximum Gasteiger partial charge on any atom is 0.275 e. The number of nitrogens with one attached hydrogen (secondary N) is 1. The SMILES string of the molecule is Cc1ccc(S(=O)(=O)N2CCC(c3nc(C(=O)Nc4ccc(-c5csnn5)cc4)cs3)CC2)cc1Cl. The summed E-state index contributed by atoms with van der Waals surface area (Å²) in [5, 5.41) is 11.8. The third-order valence-corrected chi connectivity index (χ3v) is 9.95. The molecular formula is C24H22ClN5O3S3. The lowest BCUT2D eigenvalue weighted by Gasteiger charge is -2.30. The fraction of sp³-hybridized carbons (Fsp3) is 0.250. The van der Waals surface area contributed by atoms with E-state index in [9.17, 15) is 13.2 Å². The predicted molar refractivity (Wildman–Crippen MR) is 142 cm³/mol. The van der Waals surface area contributed by atoms with E-state index in [2.05, 4.69) is 19.9 Å². The molecule has 36 heavy (non-hydrogen) atoms. The summed E-state index contributed by atoms with van der Waals surface area (Å²) in [5.74, 6) is -0.174. The summed E-state index contributed by atoms with van der Waals surface area (Å²) in [7, 11) is -3.61. The Kier molecular flexibility index (Phi) is 7.18. The van der Waals surface area contributed by atoms with Gasteiger partial charge in [0.05, 0.1) is 9.90 Å². The summed E-state index contributed by atoms with van der Waals surface area (Å²) in [5.41, 5.74) is 3.58. The Balaban J connectivity index is 1.20. The molecule has 0 unspecified atom stereocenters. The summed E-state index contributed by atoms with van der Waals surface area (Å²) >= 11 is 8.86. The van der Waals surface area contributed by atoms with E-state index in [1.54, 1.807) is 17.5 Å². The zero-order valence-corrected chi connectivity index (χ0v) is 22.4. The van der Waals surface area contributed by atoms with E-state index in [0.29, 0.717) is 42.3 Å². The van der Waals surface area contributed by atoms with Crippen LogP contribution in [0.3, 0.4) is 0 Å². The van der Waals surface area contributed by atoms with Crippen molar-refractivity contribution >= 4 is 56.1 Å². The van der Waals surface area contributed by atoms with Gasteiger partial charge in [0, 0.05) is 46.0 Å². The minimum atomic E-state index is -3.61. The van der Waals surface area contributed by atoms with Gasteiger partial charge in [0.25, 0.3) is 5.91 Å². The lowest BCUT2D eigenvalue weighted by atomic mass is 9.99. The van der Waals surface area contributed by atoms with Crippen LogP contribution in [0.1, 0.15) is 39.8 Å². The van der Waals surface area contributed by atoms with E-state index in [1.165, 1.54) is 33.2 Å². The minimum Gasteiger partial charge on any atom is -0.321 e. The molecule has 1 fully saturated rings. The average Bonchev–Trinajstić information content (AvgIpc) is 3.59. The van der Waals surface area contributed by atoms with Gasteiger partial charge in [-0.25, -0.2) is 13.4 Å². The first-order valence-electron chi connectivity index (χ1n) is 11.2. The highest BCUT2D eigenvalue weighted by Crippen LogP contribution is 2.33. The van der Waals surface area contributed by atoms with Crippen LogP contribution in [-0.4, -0.2) is 46.3 Å². The molecule has 186 valence electrons. The lowest BCUT2D eigenvalue weighted by molar-refractivity contribution is 0.102. The Morgan fingerprint density at radius 2 is 1.86 bits per heavy atom. The fourth-order valence-corrected chi connectivity index (χ4v) is 7.19. The third-order valence-electron chi connectivity index (χ3n) is 6.14. The number of halogens is 1. The second-order valence-electron chi connectivity index (χ2n) is 8.48. The number of thiazole rings is 1. The zero-order valence-electron chi connectivity index (χ0n) is 19.2. The molecule has 0 spiro atoms.